The fourth-order valence-corrected chi connectivity index (χ4v) is 2.13. The molecule has 19 heavy (non-hydrogen) atoms. The van der Waals surface area contributed by atoms with E-state index in [4.69, 9.17) is 18.9 Å². The maximum Gasteiger partial charge on any atom is 0.282 e. The van der Waals surface area contributed by atoms with E-state index < -0.39 is 5.97 Å². The second kappa shape index (κ2) is 12.9. The number of rotatable bonds is 14. The van der Waals surface area contributed by atoms with Gasteiger partial charge in [-0.3, -0.25) is 0 Å². The first-order valence-electron chi connectivity index (χ1n) is 7.48. The van der Waals surface area contributed by atoms with Gasteiger partial charge < -0.3 is 18.9 Å². The van der Waals surface area contributed by atoms with Gasteiger partial charge in [-0.15, -0.1) is 0 Å². The summed E-state index contributed by atoms with van der Waals surface area (Å²) in [5.41, 5.74) is 0. The van der Waals surface area contributed by atoms with Crippen LogP contribution >= 0.6 is 0 Å². The van der Waals surface area contributed by atoms with Crippen LogP contribution in [0.5, 0.6) is 0 Å². The Balaban J connectivity index is 3.35. The van der Waals surface area contributed by atoms with E-state index in [0.29, 0.717) is 0 Å². The van der Waals surface area contributed by atoms with Gasteiger partial charge in [-0.25, -0.2) is 0 Å². The molecule has 0 bridgehead atoms. The third-order valence-electron chi connectivity index (χ3n) is 3.41. The summed E-state index contributed by atoms with van der Waals surface area (Å²) in [6.45, 7) is 3.79. The smallest absolute Gasteiger partial charge is 0.282 e. The Morgan fingerprint density at radius 1 is 0.684 bits per heavy atom. The average Bonchev–Trinajstić information content (AvgIpc) is 2.46. The van der Waals surface area contributed by atoms with Crippen LogP contribution in [0.15, 0.2) is 0 Å². The highest BCUT2D eigenvalue weighted by atomic mass is 16.9. The molecule has 0 rings (SSSR count). The number of ether oxygens (including phenoxy) is 4. The van der Waals surface area contributed by atoms with Crippen molar-refractivity contribution in [1.82, 2.24) is 0 Å². The number of methoxy groups -OCH3 is 3. The first-order chi connectivity index (χ1) is 9.24. The molecule has 0 saturated heterocycles. The number of hydrogen-bond acceptors (Lipinski definition) is 4. The quantitative estimate of drug-likeness (QED) is 0.358. The van der Waals surface area contributed by atoms with Gasteiger partial charge in [-0.1, -0.05) is 32.1 Å². The summed E-state index contributed by atoms with van der Waals surface area (Å²) in [5, 5.41) is 0. The Labute approximate surface area is 118 Å². The standard InChI is InChI=1S/C15H32O4/c1-5-19-14-12-10-8-6-7-9-11-13-15(16-2,17-3)18-4/h5-14H2,1-4H3. The Kier molecular flexibility index (Phi) is 12.7. The molecule has 0 radical (unpaired) electrons. The van der Waals surface area contributed by atoms with Crippen LogP contribution in [-0.2, 0) is 18.9 Å². The van der Waals surface area contributed by atoms with Crippen molar-refractivity contribution in [2.45, 2.75) is 64.3 Å². The van der Waals surface area contributed by atoms with Gasteiger partial charge in [0.1, 0.15) is 0 Å². The first-order valence-corrected chi connectivity index (χ1v) is 7.48. The van der Waals surface area contributed by atoms with E-state index in [1.807, 2.05) is 6.92 Å². The van der Waals surface area contributed by atoms with Crippen molar-refractivity contribution in [2.24, 2.45) is 0 Å². The molecular weight excluding hydrogens is 244 g/mol. The Hall–Kier alpha value is -0.160. The van der Waals surface area contributed by atoms with Crippen LogP contribution in [0, 0.1) is 0 Å². The molecule has 116 valence electrons. The van der Waals surface area contributed by atoms with Crippen LogP contribution in [0.3, 0.4) is 0 Å². The third kappa shape index (κ3) is 9.38. The first kappa shape index (κ1) is 18.8. The van der Waals surface area contributed by atoms with Crippen molar-refractivity contribution in [3.8, 4) is 0 Å². The van der Waals surface area contributed by atoms with Crippen LogP contribution < -0.4 is 0 Å². The molecule has 0 heterocycles. The maximum absolute atomic E-state index is 5.31. The SMILES string of the molecule is CCOCCCCCCCCCC(OC)(OC)OC. The summed E-state index contributed by atoms with van der Waals surface area (Å²) in [6.07, 6.45) is 9.37. The highest BCUT2D eigenvalue weighted by Crippen LogP contribution is 2.21. The molecule has 0 saturated carbocycles. The fourth-order valence-electron chi connectivity index (χ4n) is 2.13. The minimum atomic E-state index is -0.850. The monoisotopic (exact) mass is 276 g/mol. The van der Waals surface area contributed by atoms with E-state index in [-0.39, 0.29) is 0 Å². The van der Waals surface area contributed by atoms with Gasteiger partial charge in [-0.05, 0) is 19.8 Å². The molecule has 0 amide bonds. The zero-order valence-electron chi connectivity index (χ0n) is 13.2. The molecule has 0 unspecified atom stereocenters. The largest absolute Gasteiger partial charge is 0.382 e. The number of hydrogen-bond donors (Lipinski definition) is 0. The molecular formula is C15H32O4. The van der Waals surface area contributed by atoms with Gasteiger partial charge in [0.25, 0.3) is 5.97 Å². The normalized spacial score (nSPS) is 12.0. The highest BCUT2D eigenvalue weighted by molar-refractivity contribution is 4.56. The van der Waals surface area contributed by atoms with Gasteiger partial charge >= 0.3 is 0 Å². The molecule has 0 aromatic rings. The van der Waals surface area contributed by atoms with E-state index in [0.717, 1.165) is 26.1 Å². The summed E-state index contributed by atoms with van der Waals surface area (Å²) >= 11 is 0. The van der Waals surface area contributed by atoms with E-state index in [1.165, 1.54) is 38.5 Å². The van der Waals surface area contributed by atoms with E-state index >= 15 is 0 Å². The zero-order valence-corrected chi connectivity index (χ0v) is 13.2. The molecule has 0 aliphatic carbocycles. The Bertz CT molecular complexity index is 173. The molecule has 0 N–H and O–H groups in total. The van der Waals surface area contributed by atoms with Gasteiger partial charge in [-0.2, -0.15) is 0 Å². The van der Waals surface area contributed by atoms with Gasteiger partial charge in [0.15, 0.2) is 0 Å². The predicted octanol–water partition coefficient (Wildman–Crippen LogP) is 3.74. The van der Waals surface area contributed by atoms with Gasteiger partial charge in [0.2, 0.25) is 0 Å². The zero-order chi connectivity index (χ0) is 14.4. The maximum atomic E-state index is 5.31. The van der Waals surface area contributed by atoms with Gasteiger partial charge in [0.05, 0.1) is 0 Å². The minimum Gasteiger partial charge on any atom is -0.382 e. The molecule has 0 aromatic heterocycles. The topological polar surface area (TPSA) is 36.9 Å². The number of unbranched alkanes of at least 4 members (excludes halogenated alkanes) is 6. The molecule has 4 nitrogen and oxygen atoms in total. The second-order valence-corrected chi connectivity index (χ2v) is 4.72. The highest BCUT2D eigenvalue weighted by Gasteiger charge is 2.28. The lowest BCUT2D eigenvalue weighted by Crippen LogP contribution is -2.35. The van der Waals surface area contributed by atoms with Crippen LogP contribution in [0.25, 0.3) is 0 Å². The lowest BCUT2D eigenvalue weighted by Gasteiger charge is -2.28. The van der Waals surface area contributed by atoms with Gasteiger partial charge in [0, 0.05) is 41.0 Å². The fraction of sp³-hybridized carbons (Fsp3) is 1.00. The Morgan fingerprint density at radius 3 is 1.63 bits per heavy atom. The van der Waals surface area contributed by atoms with Crippen molar-refractivity contribution >= 4 is 0 Å². The Morgan fingerprint density at radius 2 is 1.16 bits per heavy atom. The minimum absolute atomic E-state index is 0.779. The lowest BCUT2D eigenvalue weighted by atomic mass is 10.1. The van der Waals surface area contributed by atoms with Crippen molar-refractivity contribution in [3.63, 3.8) is 0 Å². The second-order valence-electron chi connectivity index (χ2n) is 4.72. The van der Waals surface area contributed by atoms with Crippen molar-refractivity contribution in [3.05, 3.63) is 0 Å². The third-order valence-corrected chi connectivity index (χ3v) is 3.41. The average molecular weight is 276 g/mol. The summed E-state index contributed by atoms with van der Waals surface area (Å²) in [5.74, 6) is -0.850. The van der Waals surface area contributed by atoms with Crippen molar-refractivity contribution < 1.29 is 18.9 Å². The summed E-state index contributed by atoms with van der Waals surface area (Å²) in [6, 6.07) is 0. The molecule has 0 aromatic carbocycles. The predicted molar refractivity (Wildman–Crippen MR) is 77.2 cm³/mol. The van der Waals surface area contributed by atoms with Crippen LogP contribution in [0.1, 0.15) is 58.3 Å². The van der Waals surface area contributed by atoms with Crippen molar-refractivity contribution in [2.75, 3.05) is 34.5 Å². The van der Waals surface area contributed by atoms with Crippen LogP contribution in [-0.4, -0.2) is 40.5 Å². The van der Waals surface area contributed by atoms with Crippen molar-refractivity contribution in [1.29, 1.82) is 0 Å². The molecule has 0 aliphatic heterocycles. The van der Waals surface area contributed by atoms with Crippen LogP contribution in [0.2, 0.25) is 0 Å². The molecule has 0 atom stereocenters. The molecule has 0 fully saturated rings. The van der Waals surface area contributed by atoms with E-state index in [2.05, 4.69) is 0 Å². The summed E-state index contributed by atoms with van der Waals surface area (Å²) < 4.78 is 21.1. The van der Waals surface area contributed by atoms with Crippen LogP contribution in [0.4, 0.5) is 0 Å². The van der Waals surface area contributed by atoms with E-state index in [9.17, 15) is 0 Å². The molecule has 0 spiro atoms. The molecule has 4 heteroatoms. The lowest BCUT2D eigenvalue weighted by molar-refractivity contribution is -0.355. The summed E-state index contributed by atoms with van der Waals surface area (Å²) in [4.78, 5) is 0. The molecule has 0 aliphatic rings. The van der Waals surface area contributed by atoms with E-state index in [1.54, 1.807) is 21.3 Å². The summed E-state index contributed by atoms with van der Waals surface area (Å²) in [7, 11) is 4.85.